The van der Waals surface area contributed by atoms with Crippen molar-refractivity contribution in [1.82, 2.24) is 0 Å². The second kappa shape index (κ2) is 6.94. The van der Waals surface area contributed by atoms with Gasteiger partial charge in [0, 0.05) is 5.69 Å². The highest BCUT2D eigenvalue weighted by Gasteiger charge is 2.15. The number of carbonyl (C=O) groups is 1. The van der Waals surface area contributed by atoms with Gasteiger partial charge in [-0.25, -0.2) is 4.79 Å². The number of anilines is 1. The monoisotopic (exact) mass is 295 g/mol. The Morgan fingerprint density at radius 3 is 2.27 bits per heavy atom. The Morgan fingerprint density at radius 1 is 0.955 bits per heavy atom. The summed E-state index contributed by atoms with van der Waals surface area (Å²) in [6, 6.07) is 17.7. The molecule has 2 rings (SSSR count). The van der Waals surface area contributed by atoms with Crippen LogP contribution in [0.25, 0.3) is 12.2 Å². The van der Waals surface area contributed by atoms with Crippen molar-refractivity contribution in [3.05, 3.63) is 65.7 Å². The fourth-order valence-corrected chi connectivity index (χ4v) is 1.90. The average molecular weight is 295 g/mol. The molecule has 0 unspecified atom stereocenters. The van der Waals surface area contributed by atoms with E-state index in [1.54, 1.807) is 0 Å². The van der Waals surface area contributed by atoms with Crippen LogP contribution in [0.1, 0.15) is 31.9 Å². The molecule has 0 fully saturated rings. The van der Waals surface area contributed by atoms with Crippen LogP contribution in [0, 0.1) is 0 Å². The predicted octanol–water partition coefficient (Wildman–Crippen LogP) is 5.20. The van der Waals surface area contributed by atoms with E-state index >= 15 is 0 Å². The number of nitrogens with one attached hydrogen (secondary N) is 1. The Bertz CT molecular complexity index is 655. The summed E-state index contributed by atoms with van der Waals surface area (Å²) < 4.78 is 5.24. The molecule has 0 aliphatic carbocycles. The van der Waals surface area contributed by atoms with Crippen LogP contribution in [-0.2, 0) is 4.74 Å². The Morgan fingerprint density at radius 2 is 1.59 bits per heavy atom. The molecular formula is C19H21NO2. The molecule has 2 aromatic rings. The number of hydrogen-bond donors (Lipinski definition) is 1. The van der Waals surface area contributed by atoms with Gasteiger partial charge in [-0.3, -0.25) is 5.32 Å². The number of ether oxygens (including phenoxy) is 1. The first-order chi connectivity index (χ1) is 10.4. The first-order valence-electron chi connectivity index (χ1n) is 7.26. The zero-order chi connectivity index (χ0) is 16.0. The van der Waals surface area contributed by atoms with Crippen LogP contribution in [-0.4, -0.2) is 11.7 Å². The van der Waals surface area contributed by atoms with Gasteiger partial charge in [-0.05, 0) is 44.0 Å². The van der Waals surface area contributed by atoms with Crippen LogP contribution in [0.2, 0.25) is 0 Å². The quantitative estimate of drug-likeness (QED) is 0.790. The van der Waals surface area contributed by atoms with Gasteiger partial charge in [0.25, 0.3) is 0 Å². The number of hydrogen-bond acceptors (Lipinski definition) is 2. The van der Waals surface area contributed by atoms with Gasteiger partial charge in [-0.2, -0.15) is 0 Å². The van der Waals surface area contributed by atoms with Crippen molar-refractivity contribution in [2.45, 2.75) is 26.4 Å². The topological polar surface area (TPSA) is 38.3 Å². The molecular weight excluding hydrogens is 274 g/mol. The van der Waals surface area contributed by atoms with Crippen LogP contribution in [0.15, 0.2) is 54.6 Å². The lowest BCUT2D eigenvalue weighted by Gasteiger charge is -2.19. The molecule has 0 bridgehead atoms. The minimum Gasteiger partial charge on any atom is -0.444 e. The molecule has 0 aliphatic heterocycles. The van der Waals surface area contributed by atoms with E-state index in [4.69, 9.17) is 4.74 Å². The van der Waals surface area contributed by atoms with Crippen LogP contribution in [0.3, 0.4) is 0 Å². The molecule has 114 valence electrons. The third-order valence-corrected chi connectivity index (χ3v) is 2.80. The fraction of sp³-hybridized carbons (Fsp3) is 0.211. The summed E-state index contributed by atoms with van der Waals surface area (Å²) in [5.41, 5.74) is 2.35. The van der Waals surface area contributed by atoms with Crippen molar-refractivity contribution < 1.29 is 9.53 Å². The zero-order valence-corrected chi connectivity index (χ0v) is 13.2. The van der Waals surface area contributed by atoms with E-state index in [-0.39, 0.29) is 0 Å². The highest BCUT2D eigenvalue weighted by Crippen LogP contribution is 2.15. The van der Waals surface area contributed by atoms with Gasteiger partial charge in [-0.1, -0.05) is 54.6 Å². The molecule has 0 aromatic heterocycles. The number of amides is 1. The fourth-order valence-electron chi connectivity index (χ4n) is 1.90. The summed E-state index contributed by atoms with van der Waals surface area (Å²) in [6.45, 7) is 5.52. The van der Waals surface area contributed by atoms with E-state index in [1.165, 1.54) is 0 Å². The van der Waals surface area contributed by atoms with Crippen LogP contribution >= 0.6 is 0 Å². The van der Waals surface area contributed by atoms with Crippen molar-refractivity contribution in [2.75, 3.05) is 5.32 Å². The molecule has 0 heterocycles. The van der Waals surface area contributed by atoms with E-state index in [0.29, 0.717) is 5.69 Å². The molecule has 0 aliphatic rings. The second-order valence-electron chi connectivity index (χ2n) is 6.00. The van der Waals surface area contributed by atoms with Crippen molar-refractivity contribution in [3.8, 4) is 0 Å². The van der Waals surface area contributed by atoms with Gasteiger partial charge < -0.3 is 4.74 Å². The minimum absolute atomic E-state index is 0.448. The molecule has 0 atom stereocenters. The molecule has 1 amide bonds. The Hall–Kier alpha value is -2.55. The Labute approximate surface area is 131 Å². The largest absolute Gasteiger partial charge is 0.444 e. The van der Waals surface area contributed by atoms with Gasteiger partial charge in [-0.15, -0.1) is 0 Å². The maximum Gasteiger partial charge on any atom is 0.412 e. The molecule has 2 aromatic carbocycles. The number of rotatable bonds is 3. The standard InChI is InChI=1S/C19H21NO2/c1-19(2,3)22-18(21)20-17-11-7-10-16(14-17)13-12-15-8-5-4-6-9-15/h4-14H,1-3H3,(H,20,21)/b13-12+. The highest BCUT2D eigenvalue weighted by atomic mass is 16.6. The molecule has 0 saturated heterocycles. The normalized spacial score (nSPS) is 11.4. The van der Waals surface area contributed by atoms with Gasteiger partial charge in [0.05, 0.1) is 0 Å². The zero-order valence-electron chi connectivity index (χ0n) is 13.2. The van der Waals surface area contributed by atoms with E-state index in [2.05, 4.69) is 5.32 Å². The molecule has 3 heteroatoms. The molecule has 0 spiro atoms. The molecule has 0 saturated carbocycles. The average Bonchev–Trinajstić information content (AvgIpc) is 2.44. The van der Waals surface area contributed by atoms with E-state index in [9.17, 15) is 4.79 Å². The predicted molar refractivity (Wildman–Crippen MR) is 91.7 cm³/mol. The lowest BCUT2D eigenvalue weighted by molar-refractivity contribution is 0.0636. The highest BCUT2D eigenvalue weighted by molar-refractivity contribution is 5.85. The molecule has 1 N–H and O–H groups in total. The summed E-state index contributed by atoms with van der Waals surface area (Å²) in [5.74, 6) is 0. The number of carbonyl (C=O) groups excluding carboxylic acids is 1. The van der Waals surface area contributed by atoms with Gasteiger partial charge in [0.15, 0.2) is 0 Å². The first kappa shape index (κ1) is 15.8. The summed E-state index contributed by atoms with van der Waals surface area (Å²) >= 11 is 0. The van der Waals surface area contributed by atoms with Crippen LogP contribution in [0.5, 0.6) is 0 Å². The summed E-state index contributed by atoms with van der Waals surface area (Å²) in [5, 5.41) is 2.74. The minimum atomic E-state index is -0.505. The van der Waals surface area contributed by atoms with Crippen molar-refractivity contribution in [2.24, 2.45) is 0 Å². The van der Waals surface area contributed by atoms with Gasteiger partial charge >= 0.3 is 6.09 Å². The van der Waals surface area contributed by atoms with Crippen molar-refractivity contribution in [1.29, 1.82) is 0 Å². The van der Waals surface area contributed by atoms with Crippen molar-refractivity contribution in [3.63, 3.8) is 0 Å². The van der Waals surface area contributed by atoms with Crippen LogP contribution in [0.4, 0.5) is 10.5 Å². The molecule has 0 radical (unpaired) electrons. The first-order valence-corrected chi connectivity index (χ1v) is 7.26. The van der Waals surface area contributed by atoms with Gasteiger partial charge in [0.1, 0.15) is 5.60 Å². The smallest absolute Gasteiger partial charge is 0.412 e. The molecule has 22 heavy (non-hydrogen) atoms. The molecule has 3 nitrogen and oxygen atoms in total. The van der Waals surface area contributed by atoms with Gasteiger partial charge in [0.2, 0.25) is 0 Å². The third-order valence-electron chi connectivity index (χ3n) is 2.80. The van der Waals surface area contributed by atoms with Crippen molar-refractivity contribution >= 4 is 23.9 Å². The van der Waals surface area contributed by atoms with E-state index in [1.807, 2.05) is 87.5 Å². The summed E-state index contributed by atoms with van der Waals surface area (Å²) in [7, 11) is 0. The van der Waals surface area contributed by atoms with E-state index in [0.717, 1.165) is 11.1 Å². The van der Waals surface area contributed by atoms with Crippen LogP contribution < -0.4 is 5.32 Å². The lowest BCUT2D eigenvalue weighted by atomic mass is 10.1. The Kier molecular flexibility index (Phi) is 4.99. The maximum absolute atomic E-state index is 11.8. The summed E-state index contributed by atoms with van der Waals surface area (Å²) in [6.07, 6.45) is 3.60. The van der Waals surface area contributed by atoms with E-state index < -0.39 is 11.7 Å². The third kappa shape index (κ3) is 5.44. The lowest BCUT2D eigenvalue weighted by Crippen LogP contribution is -2.27. The second-order valence-corrected chi connectivity index (χ2v) is 6.00. The summed E-state index contributed by atoms with van der Waals surface area (Å²) in [4.78, 5) is 11.8. The SMILES string of the molecule is CC(C)(C)OC(=O)Nc1cccc(/C=C/c2ccccc2)c1. The number of benzene rings is 2. The maximum atomic E-state index is 11.8. The Balaban J connectivity index is 2.04.